The monoisotopic (exact) mass is 346 g/mol. The van der Waals surface area contributed by atoms with Crippen LogP contribution in [0.1, 0.15) is 36.1 Å². The SMILES string of the molecule is CC(=O)N1N=C(c2ccc(C)cc2)CC1c1ccc(Cl)cc1Cl. The lowest BCUT2D eigenvalue weighted by atomic mass is 9.98. The first kappa shape index (κ1) is 16.0. The van der Waals surface area contributed by atoms with Crippen molar-refractivity contribution in [3.8, 4) is 0 Å². The van der Waals surface area contributed by atoms with Crippen molar-refractivity contribution in [1.29, 1.82) is 0 Å². The number of nitrogens with zero attached hydrogens (tertiary/aromatic N) is 2. The predicted octanol–water partition coefficient (Wildman–Crippen LogP) is 5.00. The van der Waals surface area contributed by atoms with Gasteiger partial charge in [-0.2, -0.15) is 5.10 Å². The number of carbonyl (C=O) groups is 1. The number of hydrogen-bond donors (Lipinski definition) is 0. The van der Waals surface area contributed by atoms with Gasteiger partial charge in [-0.25, -0.2) is 5.01 Å². The molecule has 1 atom stereocenters. The molecule has 1 heterocycles. The smallest absolute Gasteiger partial charge is 0.240 e. The second-order valence-electron chi connectivity index (χ2n) is 5.66. The summed E-state index contributed by atoms with van der Waals surface area (Å²) in [7, 11) is 0. The van der Waals surface area contributed by atoms with E-state index in [0.29, 0.717) is 16.5 Å². The maximum atomic E-state index is 12.0. The van der Waals surface area contributed by atoms with Gasteiger partial charge in [-0.05, 0) is 30.2 Å². The molecule has 0 aliphatic carbocycles. The highest BCUT2D eigenvalue weighted by molar-refractivity contribution is 6.35. The third-order valence-electron chi connectivity index (χ3n) is 3.94. The number of hydrogen-bond acceptors (Lipinski definition) is 2. The van der Waals surface area contributed by atoms with Gasteiger partial charge in [-0.15, -0.1) is 0 Å². The summed E-state index contributed by atoms with van der Waals surface area (Å²) in [5.74, 6) is -0.108. The molecule has 5 heteroatoms. The van der Waals surface area contributed by atoms with Gasteiger partial charge in [0.25, 0.3) is 0 Å². The Morgan fingerprint density at radius 1 is 1.17 bits per heavy atom. The Balaban J connectivity index is 1.97. The first-order valence-corrected chi connectivity index (χ1v) is 8.10. The summed E-state index contributed by atoms with van der Waals surface area (Å²) in [6.45, 7) is 3.55. The fourth-order valence-electron chi connectivity index (χ4n) is 2.74. The summed E-state index contributed by atoms with van der Waals surface area (Å²) in [4.78, 5) is 12.0. The van der Waals surface area contributed by atoms with E-state index < -0.39 is 0 Å². The average Bonchev–Trinajstić information content (AvgIpc) is 2.93. The van der Waals surface area contributed by atoms with E-state index in [2.05, 4.69) is 5.10 Å². The van der Waals surface area contributed by atoms with E-state index in [0.717, 1.165) is 16.8 Å². The molecule has 0 N–H and O–H groups in total. The molecule has 1 amide bonds. The lowest BCUT2D eigenvalue weighted by Gasteiger charge is -2.21. The Hall–Kier alpha value is -1.84. The number of rotatable bonds is 2. The van der Waals surface area contributed by atoms with Crippen molar-refractivity contribution in [3.63, 3.8) is 0 Å². The molecule has 2 aromatic rings. The lowest BCUT2D eigenvalue weighted by Crippen LogP contribution is -2.24. The fourth-order valence-corrected chi connectivity index (χ4v) is 3.27. The second-order valence-corrected chi connectivity index (χ2v) is 6.51. The Kier molecular flexibility index (Phi) is 4.42. The van der Waals surface area contributed by atoms with E-state index in [1.54, 1.807) is 12.1 Å². The maximum absolute atomic E-state index is 12.0. The zero-order valence-corrected chi connectivity index (χ0v) is 14.4. The minimum atomic E-state index is -0.200. The van der Waals surface area contributed by atoms with Crippen LogP contribution in [0.25, 0.3) is 0 Å². The summed E-state index contributed by atoms with van der Waals surface area (Å²) < 4.78 is 0. The van der Waals surface area contributed by atoms with Gasteiger partial charge in [0.15, 0.2) is 0 Å². The van der Waals surface area contributed by atoms with Crippen LogP contribution < -0.4 is 0 Å². The molecular weight excluding hydrogens is 331 g/mol. The summed E-state index contributed by atoms with van der Waals surface area (Å²) in [6, 6.07) is 13.3. The average molecular weight is 347 g/mol. The molecule has 0 fully saturated rings. The highest BCUT2D eigenvalue weighted by Crippen LogP contribution is 2.37. The highest BCUT2D eigenvalue weighted by atomic mass is 35.5. The molecule has 0 aromatic heterocycles. The molecule has 0 spiro atoms. The number of benzene rings is 2. The first-order chi connectivity index (χ1) is 11.0. The minimum absolute atomic E-state index is 0.108. The molecule has 118 valence electrons. The zero-order chi connectivity index (χ0) is 16.6. The largest absolute Gasteiger partial charge is 0.273 e. The van der Waals surface area contributed by atoms with Crippen LogP contribution in [0.15, 0.2) is 47.6 Å². The predicted molar refractivity (Wildman–Crippen MR) is 94.1 cm³/mol. The van der Waals surface area contributed by atoms with Crippen LogP contribution in [-0.2, 0) is 4.79 Å². The molecule has 2 aromatic carbocycles. The van der Waals surface area contributed by atoms with E-state index >= 15 is 0 Å². The number of carbonyl (C=O) groups excluding carboxylic acids is 1. The van der Waals surface area contributed by atoms with E-state index in [9.17, 15) is 4.79 Å². The molecule has 0 saturated carbocycles. The van der Waals surface area contributed by atoms with Crippen molar-refractivity contribution >= 4 is 34.8 Å². The maximum Gasteiger partial charge on any atom is 0.240 e. The Morgan fingerprint density at radius 3 is 2.48 bits per heavy atom. The number of hydrazone groups is 1. The van der Waals surface area contributed by atoms with Gasteiger partial charge in [-0.3, -0.25) is 4.79 Å². The molecule has 0 saturated heterocycles. The van der Waals surface area contributed by atoms with Crippen molar-refractivity contribution in [2.24, 2.45) is 5.10 Å². The number of halogens is 2. The van der Waals surface area contributed by atoms with Gasteiger partial charge in [0, 0.05) is 23.4 Å². The highest BCUT2D eigenvalue weighted by Gasteiger charge is 2.32. The molecular formula is C18H16Cl2N2O. The topological polar surface area (TPSA) is 32.7 Å². The van der Waals surface area contributed by atoms with Gasteiger partial charge < -0.3 is 0 Å². The number of amides is 1. The molecule has 1 aliphatic rings. The van der Waals surface area contributed by atoms with Crippen molar-refractivity contribution in [1.82, 2.24) is 5.01 Å². The quantitative estimate of drug-likeness (QED) is 0.752. The second kappa shape index (κ2) is 6.34. The molecule has 3 rings (SSSR count). The van der Waals surface area contributed by atoms with Gasteiger partial charge >= 0.3 is 0 Å². The van der Waals surface area contributed by atoms with Gasteiger partial charge in [0.2, 0.25) is 5.91 Å². The summed E-state index contributed by atoms with van der Waals surface area (Å²) in [5, 5.41) is 7.15. The summed E-state index contributed by atoms with van der Waals surface area (Å²) in [5.41, 5.74) is 3.95. The summed E-state index contributed by atoms with van der Waals surface area (Å²) in [6.07, 6.45) is 0.629. The van der Waals surface area contributed by atoms with Crippen molar-refractivity contribution < 1.29 is 4.79 Å². The molecule has 0 radical (unpaired) electrons. The normalized spacial score (nSPS) is 17.3. The Labute approximate surface area is 145 Å². The van der Waals surface area contributed by atoms with Crippen molar-refractivity contribution in [3.05, 3.63) is 69.2 Å². The standard InChI is InChI=1S/C18H16Cl2N2O/c1-11-3-5-13(6-4-11)17-10-18(22(21-17)12(2)23)15-8-7-14(19)9-16(15)20/h3-9,18H,10H2,1-2H3. The van der Waals surface area contributed by atoms with Crippen LogP contribution in [0.4, 0.5) is 0 Å². The van der Waals surface area contributed by atoms with Crippen LogP contribution in [0, 0.1) is 6.92 Å². The molecule has 1 aliphatic heterocycles. The molecule has 1 unspecified atom stereocenters. The first-order valence-electron chi connectivity index (χ1n) is 7.35. The Morgan fingerprint density at radius 2 is 1.87 bits per heavy atom. The van der Waals surface area contributed by atoms with Crippen LogP contribution >= 0.6 is 23.2 Å². The van der Waals surface area contributed by atoms with E-state index in [1.807, 2.05) is 37.3 Å². The third kappa shape index (κ3) is 3.26. The third-order valence-corrected chi connectivity index (χ3v) is 4.50. The van der Waals surface area contributed by atoms with Gasteiger partial charge in [-0.1, -0.05) is 59.1 Å². The molecule has 23 heavy (non-hydrogen) atoms. The van der Waals surface area contributed by atoms with Crippen LogP contribution in [-0.4, -0.2) is 16.6 Å². The number of aryl methyl sites for hydroxylation is 1. The van der Waals surface area contributed by atoms with Crippen LogP contribution in [0.3, 0.4) is 0 Å². The van der Waals surface area contributed by atoms with Gasteiger partial charge in [0.05, 0.1) is 11.8 Å². The van der Waals surface area contributed by atoms with E-state index in [1.165, 1.54) is 17.5 Å². The Bertz CT molecular complexity index is 784. The molecule has 0 bridgehead atoms. The summed E-state index contributed by atoms with van der Waals surface area (Å²) >= 11 is 12.3. The minimum Gasteiger partial charge on any atom is -0.273 e. The molecule has 3 nitrogen and oxygen atoms in total. The van der Waals surface area contributed by atoms with Crippen LogP contribution in [0.5, 0.6) is 0 Å². The van der Waals surface area contributed by atoms with E-state index in [-0.39, 0.29) is 11.9 Å². The van der Waals surface area contributed by atoms with Crippen molar-refractivity contribution in [2.45, 2.75) is 26.3 Å². The van der Waals surface area contributed by atoms with Crippen LogP contribution in [0.2, 0.25) is 10.0 Å². The van der Waals surface area contributed by atoms with Gasteiger partial charge in [0.1, 0.15) is 0 Å². The van der Waals surface area contributed by atoms with E-state index in [4.69, 9.17) is 23.2 Å². The lowest BCUT2D eigenvalue weighted by molar-refractivity contribution is -0.130. The van der Waals surface area contributed by atoms with Crippen molar-refractivity contribution in [2.75, 3.05) is 0 Å². The fraction of sp³-hybridized carbons (Fsp3) is 0.222. The zero-order valence-electron chi connectivity index (χ0n) is 12.9.